The van der Waals surface area contributed by atoms with Crippen LogP contribution in [0.5, 0.6) is 0 Å². The number of rotatable bonds is 5. The van der Waals surface area contributed by atoms with Crippen molar-refractivity contribution in [2.75, 3.05) is 33.4 Å². The van der Waals surface area contributed by atoms with Gasteiger partial charge in [0.1, 0.15) is 5.69 Å². The van der Waals surface area contributed by atoms with E-state index in [1.54, 1.807) is 11.9 Å². The highest BCUT2D eigenvalue weighted by Crippen LogP contribution is 2.21. The second-order valence-electron chi connectivity index (χ2n) is 7.95. The monoisotopic (exact) mass is 412 g/mol. The molecule has 2 aliphatic heterocycles. The summed E-state index contributed by atoms with van der Waals surface area (Å²) < 4.78 is 10.7. The highest BCUT2D eigenvalue weighted by atomic mass is 16.5. The molecule has 3 heterocycles. The van der Waals surface area contributed by atoms with Crippen molar-refractivity contribution >= 4 is 11.9 Å². The number of carbonyl (C=O) groups is 2. The summed E-state index contributed by atoms with van der Waals surface area (Å²) in [5, 5.41) is 6.96. The average molecular weight is 412 g/mol. The maximum absolute atomic E-state index is 12.7. The van der Waals surface area contributed by atoms with E-state index < -0.39 is 0 Å². The molecular weight excluding hydrogens is 384 g/mol. The van der Waals surface area contributed by atoms with Crippen LogP contribution in [0.3, 0.4) is 0 Å². The Labute approximate surface area is 176 Å². The molecule has 0 saturated carbocycles. The number of nitrogens with zero attached hydrogens (tertiary/aromatic N) is 3. The first-order chi connectivity index (χ1) is 14.6. The number of hydrogen-bond donors (Lipinski definition) is 1. The van der Waals surface area contributed by atoms with E-state index in [0.717, 1.165) is 37.1 Å². The second-order valence-corrected chi connectivity index (χ2v) is 7.95. The summed E-state index contributed by atoms with van der Waals surface area (Å²) >= 11 is 0. The number of aromatic nitrogens is 1. The molecule has 0 bridgehead atoms. The quantitative estimate of drug-likeness (QED) is 0.815. The Morgan fingerprint density at radius 2 is 2.10 bits per heavy atom. The molecule has 0 spiro atoms. The minimum atomic E-state index is -0.184. The SMILES string of the molecule is CN(C(=O)NCc1cc(-c2ccccc2)no1)[C@@H]1CCCN(C(=O)[C@@H]2CCOC2)C1. The lowest BCUT2D eigenvalue weighted by atomic mass is 10.0. The van der Waals surface area contributed by atoms with Gasteiger partial charge in [0.05, 0.1) is 25.1 Å². The summed E-state index contributed by atoms with van der Waals surface area (Å²) in [7, 11) is 1.78. The number of likely N-dealkylation sites (tertiary alicyclic amines) is 1. The van der Waals surface area contributed by atoms with E-state index in [2.05, 4.69) is 10.5 Å². The van der Waals surface area contributed by atoms with Crippen LogP contribution in [0.2, 0.25) is 0 Å². The topological polar surface area (TPSA) is 87.9 Å². The van der Waals surface area contributed by atoms with E-state index in [4.69, 9.17) is 9.26 Å². The van der Waals surface area contributed by atoms with Crippen molar-refractivity contribution in [2.24, 2.45) is 5.92 Å². The first-order valence-electron chi connectivity index (χ1n) is 10.5. The van der Waals surface area contributed by atoms with Crippen molar-refractivity contribution < 1.29 is 18.8 Å². The van der Waals surface area contributed by atoms with E-state index in [1.165, 1.54) is 0 Å². The molecule has 2 atom stereocenters. The Morgan fingerprint density at radius 1 is 1.27 bits per heavy atom. The van der Waals surface area contributed by atoms with Gasteiger partial charge >= 0.3 is 6.03 Å². The second kappa shape index (κ2) is 9.30. The van der Waals surface area contributed by atoms with Gasteiger partial charge in [-0.25, -0.2) is 4.79 Å². The van der Waals surface area contributed by atoms with Crippen molar-refractivity contribution in [2.45, 2.75) is 31.8 Å². The third-order valence-corrected chi connectivity index (χ3v) is 5.90. The molecule has 8 nitrogen and oxygen atoms in total. The lowest BCUT2D eigenvalue weighted by molar-refractivity contribution is -0.137. The van der Waals surface area contributed by atoms with E-state index in [-0.39, 0.29) is 30.4 Å². The largest absolute Gasteiger partial charge is 0.381 e. The fourth-order valence-corrected chi connectivity index (χ4v) is 4.05. The van der Waals surface area contributed by atoms with Crippen LogP contribution in [0.1, 0.15) is 25.0 Å². The number of nitrogens with one attached hydrogen (secondary N) is 1. The predicted molar refractivity (Wildman–Crippen MR) is 110 cm³/mol. The average Bonchev–Trinajstić information content (AvgIpc) is 3.49. The van der Waals surface area contributed by atoms with Gasteiger partial charge < -0.3 is 24.4 Å². The van der Waals surface area contributed by atoms with Crippen molar-refractivity contribution in [3.05, 3.63) is 42.2 Å². The van der Waals surface area contributed by atoms with Crippen LogP contribution >= 0.6 is 0 Å². The Kier molecular flexibility index (Phi) is 6.32. The Morgan fingerprint density at radius 3 is 2.87 bits per heavy atom. The Bertz CT molecular complexity index is 863. The molecule has 0 radical (unpaired) electrons. The number of ether oxygens (including phenoxy) is 1. The zero-order valence-corrected chi connectivity index (χ0v) is 17.3. The molecule has 2 fully saturated rings. The maximum atomic E-state index is 12.7. The molecule has 0 aliphatic carbocycles. The zero-order chi connectivity index (χ0) is 20.9. The fourth-order valence-electron chi connectivity index (χ4n) is 4.05. The summed E-state index contributed by atoms with van der Waals surface area (Å²) in [6.07, 6.45) is 2.57. The van der Waals surface area contributed by atoms with Crippen LogP contribution in [0.25, 0.3) is 11.3 Å². The van der Waals surface area contributed by atoms with Gasteiger partial charge in [-0.3, -0.25) is 4.79 Å². The first-order valence-corrected chi connectivity index (χ1v) is 10.5. The minimum absolute atomic E-state index is 0.000345. The molecule has 0 unspecified atom stereocenters. The molecule has 2 aromatic rings. The smallest absolute Gasteiger partial charge is 0.317 e. The first kappa shape index (κ1) is 20.4. The fraction of sp³-hybridized carbons (Fsp3) is 0.500. The maximum Gasteiger partial charge on any atom is 0.317 e. The summed E-state index contributed by atoms with van der Waals surface area (Å²) in [5.41, 5.74) is 1.71. The van der Waals surface area contributed by atoms with Gasteiger partial charge in [-0.05, 0) is 19.3 Å². The number of urea groups is 1. The van der Waals surface area contributed by atoms with Crippen LogP contribution in [-0.4, -0.2) is 66.3 Å². The van der Waals surface area contributed by atoms with Crippen LogP contribution in [-0.2, 0) is 16.1 Å². The number of likely N-dealkylation sites (N-methyl/N-ethyl adjacent to an activating group) is 1. The molecule has 1 aromatic carbocycles. The highest BCUT2D eigenvalue weighted by molar-refractivity contribution is 5.79. The summed E-state index contributed by atoms with van der Waals surface area (Å²) in [4.78, 5) is 28.9. The number of piperidine rings is 1. The van der Waals surface area contributed by atoms with Crippen molar-refractivity contribution in [3.63, 3.8) is 0 Å². The number of carbonyl (C=O) groups excluding carboxylic acids is 2. The molecule has 1 aromatic heterocycles. The highest BCUT2D eigenvalue weighted by Gasteiger charge is 2.33. The third-order valence-electron chi connectivity index (χ3n) is 5.90. The van der Waals surface area contributed by atoms with Crippen molar-refractivity contribution in [1.29, 1.82) is 0 Å². The summed E-state index contributed by atoms with van der Waals surface area (Å²) in [6.45, 7) is 2.75. The number of benzene rings is 1. The van der Waals surface area contributed by atoms with Crippen molar-refractivity contribution in [3.8, 4) is 11.3 Å². The Balaban J connectivity index is 1.29. The molecule has 8 heteroatoms. The zero-order valence-electron chi connectivity index (χ0n) is 17.3. The van der Waals surface area contributed by atoms with E-state index in [9.17, 15) is 9.59 Å². The Hall–Kier alpha value is -2.87. The molecule has 4 rings (SSSR count). The van der Waals surface area contributed by atoms with Gasteiger partial charge in [0, 0.05) is 38.4 Å². The van der Waals surface area contributed by atoms with Crippen LogP contribution < -0.4 is 5.32 Å². The molecule has 160 valence electrons. The van der Waals surface area contributed by atoms with Crippen LogP contribution in [0, 0.1) is 5.92 Å². The lowest BCUT2D eigenvalue weighted by Crippen LogP contribution is -2.53. The molecule has 2 aliphatic rings. The standard InChI is InChI=1S/C22H28N4O4/c1-25(18-8-5-10-26(14-18)21(27)17-9-11-29-15-17)22(28)23-13-19-12-20(24-30-19)16-6-3-2-4-7-16/h2-4,6-7,12,17-18H,5,8-11,13-15H2,1H3,(H,23,28)/t17-,18-/m1/s1. The summed E-state index contributed by atoms with van der Waals surface area (Å²) in [6, 6.07) is 11.4. The molecular formula is C22H28N4O4. The van der Waals surface area contributed by atoms with Gasteiger partial charge in [-0.2, -0.15) is 0 Å². The van der Waals surface area contributed by atoms with Crippen LogP contribution in [0.4, 0.5) is 4.79 Å². The minimum Gasteiger partial charge on any atom is -0.381 e. The normalized spacial score (nSPS) is 21.4. The van der Waals surface area contributed by atoms with Crippen LogP contribution in [0.15, 0.2) is 40.9 Å². The predicted octanol–water partition coefficient (Wildman–Crippen LogP) is 2.51. The number of hydrogen-bond acceptors (Lipinski definition) is 5. The molecule has 30 heavy (non-hydrogen) atoms. The van der Waals surface area contributed by atoms with Gasteiger partial charge in [-0.15, -0.1) is 0 Å². The third kappa shape index (κ3) is 4.64. The van der Waals surface area contributed by atoms with Gasteiger partial charge in [0.25, 0.3) is 0 Å². The summed E-state index contributed by atoms with van der Waals surface area (Å²) in [5.74, 6) is 0.714. The molecule has 1 N–H and O–H groups in total. The van der Waals surface area contributed by atoms with Gasteiger partial charge in [0.15, 0.2) is 5.76 Å². The van der Waals surface area contributed by atoms with Crippen molar-refractivity contribution in [1.82, 2.24) is 20.3 Å². The molecule has 2 saturated heterocycles. The van der Waals surface area contributed by atoms with E-state index in [1.807, 2.05) is 41.3 Å². The molecule has 3 amide bonds. The van der Waals surface area contributed by atoms with E-state index >= 15 is 0 Å². The van der Waals surface area contributed by atoms with Gasteiger partial charge in [-0.1, -0.05) is 35.5 Å². The lowest BCUT2D eigenvalue weighted by Gasteiger charge is -2.38. The van der Waals surface area contributed by atoms with E-state index in [0.29, 0.717) is 25.5 Å². The van der Waals surface area contributed by atoms with Gasteiger partial charge in [0.2, 0.25) is 5.91 Å². The number of amides is 3.